The van der Waals surface area contributed by atoms with Crippen LogP contribution < -0.4 is 15.9 Å². The summed E-state index contributed by atoms with van der Waals surface area (Å²) in [5.74, 6) is 0. The molecule has 3 aromatic carbocycles. The Balaban J connectivity index is 2.08. The number of unbranched alkanes of at least 4 members (excludes halogenated alkanes) is 5. The molecular formula is C26H32BrP. The maximum absolute atomic E-state index is 4.53. The second kappa shape index (κ2) is 9.86. The van der Waals surface area contributed by atoms with Crippen molar-refractivity contribution >= 4 is 36.7 Å². The molecule has 0 spiro atoms. The molecule has 0 N–H and O–H groups in total. The van der Waals surface area contributed by atoms with E-state index in [2.05, 4.69) is 113 Å². The minimum absolute atomic E-state index is 1.16. The molecule has 0 aliphatic carbocycles. The van der Waals surface area contributed by atoms with Gasteiger partial charge in [0.1, 0.15) is 0 Å². The van der Waals surface area contributed by atoms with E-state index in [1.54, 1.807) is 0 Å². The summed E-state index contributed by atoms with van der Waals surface area (Å²) in [6.07, 6.45) is 9.06. The normalized spacial score (nSPS) is 13.0. The molecule has 3 rings (SSSR count). The zero-order valence-corrected chi connectivity index (χ0v) is 19.4. The number of rotatable bonds is 10. The van der Waals surface area contributed by atoms with Gasteiger partial charge in [-0.1, -0.05) is 0 Å². The molecule has 0 saturated carbocycles. The second-order valence-electron chi connectivity index (χ2n) is 7.68. The van der Waals surface area contributed by atoms with E-state index in [1.807, 2.05) is 0 Å². The molecule has 0 aromatic heterocycles. The van der Waals surface area contributed by atoms with E-state index in [0.29, 0.717) is 0 Å². The van der Waals surface area contributed by atoms with Crippen molar-refractivity contribution in [3.05, 3.63) is 91.0 Å². The van der Waals surface area contributed by atoms with Gasteiger partial charge in [0.2, 0.25) is 0 Å². The molecule has 2 heteroatoms. The molecule has 0 atom stereocenters. The van der Waals surface area contributed by atoms with Crippen molar-refractivity contribution in [2.45, 2.75) is 45.4 Å². The molecule has 0 nitrogen and oxygen atoms in total. The number of hydrogen-bond donors (Lipinski definition) is 0. The zero-order valence-electron chi connectivity index (χ0n) is 16.9. The zero-order chi connectivity index (χ0) is 19.7. The van der Waals surface area contributed by atoms with Crippen LogP contribution in [0.5, 0.6) is 0 Å². The molecule has 0 unspecified atom stereocenters. The summed E-state index contributed by atoms with van der Waals surface area (Å²) in [7, 11) is 0. The molecule has 0 fully saturated rings. The van der Waals surface area contributed by atoms with E-state index < -0.39 is 5.31 Å². The van der Waals surface area contributed by atoms with Gasteiger partial charge in [0.15, 0.2) is 0 Å². The molecule has 0 aliphatic heterocycles. The Hall–Kier alpha value is -1.43. The first-order chi connectivity index (χ1) is 13.7. The quantitative estimate of drug-likeness (QED) is 0.224. The number of hydrogen-bond acceptors (Lipinski definition) is 0. The summed E-state index contributed by atoms with van der Waals surface area (Å²) in [5, 5.41) is 1.60. The van der Waals surface area contributed by atoms with Crippen molar-refractivity contribution in [1.29, 1.82) is 0 Å². The topological polar surface area (TPSA) is 0 Å². The Labute approximate surface area is 179 Å². The van der Waals surface area contributed by atoms with Crippen LogP contribution in [0.2, 0.25) is 0 Å². The molecule has 0 amide bonds. The predicted octanol–water partition coefficient (Wildman–Crippen LogP) is 7.19. The third-order valence-corrected chi connectivity index (χ3v) is 15.8. The Bertz CT molecular complexity index is 731. The molecule has 0 radical (unpaired) electrons. The van der Waals surface area contributed by atoms with Crippen molar-refractivity contribution < 1.29 is 0 Å². The third-order valence-electron chi connectivity index (χ3n) is 5.82. The summed E-state index contributed by atoms with van der Waals surface area (Å²) in [6.45, 7) is 2.28. The Morgan fingerprint density at radius 1 is 0.536 bits per heavy atom. The monoisotopic (exact) mass is 454 g/mol. The third kappa shape index (κ3) is 4.27. The van der Waals surface area contributed by atoms with Gasteiger partial charge in [-0.05, 0) is 0 Å². The molecule has 0 bridgehead atoms. The molecule has 0 heterocycles. The van der Waals surface area contributed by atoms with Gasteiger partial charge >= 0.3 is 179 Å². The standard InChI is InChI=1S/C26H32BrP/c1-2-3-4-5-6-16-23-28(27,24-17-10-7-11-18-24,25-19-12-8-13-20-25)26-21-14-9-15-22-26/h7-15,17-22H,2-6,16,23H2,1H3. The first-order valence-electron chi connectivity index (χ1n) is 10.6. The van der Waals surface area contributed by atoms with Crippen LogP contribution in [0.3, 0.4) is 0 Å². The Kier molecular flexibility index (Phi) is 7.49. The van der Waals surface area contributed by atoms with Crippen LogP contribution in [0.1, 0.15) is 45.4 Å². The van der Waals surface area contributed by atoms with Gasteiger partial charge in [0.25, 0.3) is 0 Å². The molecule has 28 heavy (non-hydrogen) atoms. The number of benzene rings is 3. The summed E-state index contributed by atoms with van der Waals surface area (Å²) >= 11 is 4.53. The summed E-state index contributed by atoms with van der Waals surface area (Å²) < 4.78 is 0. The molecule has 3 aromatic rings. The van der Waals surface area contributed by atoms with Crippen molar-refractivity contribution in [2.24, 2.45) is 0 Å². The average molecular weight is 455 g/mol. The van der Waals surface area contributed by atoms with Crippen molar-refractivity contribution in [2.75, 3.05) is 6.16 Å². The van der Waals surface area contributed by atoms with Crippen LogP contribution in [0, 0.1) is 0 Å². The van der Waals surface area contributed by atoms with E-state index >= 15 is 0 Å². The first-order valence-corrected chi connectivity index (χ1v) is 15.0. The van der Waals surface area contributed by atoms with Gasteiger partial charge in [0, 0.05) is 0 Å². The Morgan fingerprint density at radius 3 is 1.29 bits per heavy atom. The summed E-state index contributed by atoms with van der Waals surface area (Å²) in [5.41, 5.74) is 0. The predicted molar refractivity (Wildman–Crippen MR) is 132 cm³/mol. The maximum atomic E-state index is 4.53. The molecule has 148 valence electrons. The van der Waals surface area contributed by atoms with Crippen LogP contribution in [0.25, 0.3) is 0 Å². The second-order valence-corrected chi connectivity index (χ2v) is 16.7. The first kappa shape index (κ1) is 21.3. The van der Waals surface area contributed by atoms with Gasteiger partial charge < -0.3 is 0 Å². The van der Waals surface area contributed by atoms with Crippen molar-refractivity contribution in [3.8, 4) is 0 Å². The van der Waals surface area contributed by atoms with Crippen LogP contribution >= 0.6 is 20.8 Å². The van der Waals surface area contributed by atoms with Gasteiger partial charge in [-0.3, -0.25) is 0 Å². The molecule has 0 aliphatic rings. The molecular weight excluding hydrogens is 423 g/mol. The van der Waals surface area contributed by atoms with Crippen LogP contribution in [0.15, 0.2) is 91.0 Å². The van der Waals surface area contributed by atoms with E-state index in [9.17, 15) is 0 Å². The summed E-state index contributed by atoms with van der Waals surface area (Å²) in [6, 6.07) is 33.4. The Morgan fingerprint density at radius 2 is 0.893 bits per heavy atom. The van der Waals surface area contributed by atoms with Gasteiger partial charge in [-0.15, -0.1) is 0 Å². The van der Waals surface area contributed by atoms with Crippen LogP contribution in [-0.4, -0.2) is 6.16 Å². The fourth-order valence-corrected chi connectivity index (χ4v) is 12.0. The van der Waals surface area contributed by atoms with E-state index in [4.69, 9.17) is 0 Å². The van der Waals surface area contributed by atoms with Crippen molar-refractivity contribution in [1.82, 2.24) is 0 Å². The van der Waals surface area contributed by atoms with Crippen LogP contribution in [0.4, 0.5) is 0 Å². The van der Waals surface area contributed by atoms with Gasteiger partial charge in [0.05, 0.1) is 0 Å². The van der Waals surface area contributed by atoms with Gasteiger partial charge in [-0.2, -0.15) is 0 Å². The van der Waals surface area contributed by atoms with Crippen molar-refractivity contribution in [3.63, 3.8) is 0 Å². The van der Waals surface area contributed by atoms with E-state index in [-0.39, 0.29) is 0 Å². The number of halogens is 1. The average Bonchev–Trinajstić information content (AvgIpc) is 2.78. The van der Waals surface area contributed by atoms with Crippen LogP contribution in [-0.2, 0) is 0 Å². The fourth-order valence-electron chi connectivity index (χ4n) is 4.24. The van der Waals surface area contributed by atoms with E-state index in [1.165, 1.54) is 54.4 Å². The summed E-state index contributed by atoms with van der Waals surface area (Å²) in [4.78, 5) is 0. The van der Waals surface area contributed by atoms with Gasteiger partial charge in [-0.25, -0.2) is 0 Å². The fraction of sp³-hybridized carbons (Fsp3) is 0.308. The van der Waals surface area contributed by atoms with E-state index in [0.717, 1.165) is 6.16 Å². The SMILES string of the molecule is CCCCCCCCP(Br)(c1ccccc1)(c1ccccc1)c1ccccc1. The molecule has 0 saturated heterocycles. The minimum atomic E-state index is -2.69.